The van der Waals surface area contributed by atoms with Gasteiger partial charge in [0.2, 0.25) is 0 Å². The minimum Gasteiger partial charge on any atom is -1.00 e. The summed E-state index contributed by atoms with van der Waals surface area (Å²) in [5.41, 5.74) is 0. The first-order valence-corrected chi connectivity index (χ1v) is 0. The Morgan fingerprint density at radius 1 is 0.500 bits per heavy atom. The van der Waals surface area contributed by atoms with Gasteiger partial charge in [-0.2, -0.15) is 0 Å². The van der Waals surface area contributed by atoms with E-state index >= 15 is 0 Å². The molecular formula is Cl3W-3. The van der Waals surface area contributed by atoms with Crippen LogP contribution in [0.1, 0.15) is 0 Å². The summed E-state index contributed by atoms with van der Waals surface area (Å²) in [6, 6.07) is 0. The van der Waals surface area contributed by atoms with Crippen LogP contribution in [0.3, 0.4) is 0 Å². The third-order valence-corrected chi connectivity index (χ3v) is 0. The normalized spacial score (nSPS) is 0. The molecule has 0 N–H and O–H groups in total. The van der Waals surface area contributed by atoms with Crippen LogP contribution in [0.4, 0.5) is 0 Å². The molecule has 30 valence electrons. The number of rotatable bonds is 0. The molecule has 0 aliphatic heterocycles. The maximum Gasteiger partial charge on any atom is 0 e. The fraction of sp³-hybridized carbons (Fsp3) is 0. The van der Waals surface area contributed by atoms with Crippen LogP contribution in [0, 0.1) is 0 Å². The summed E-state index contributed by atoms with van der Waals surface area (Å²) in [7, 11) is 0. The molecule has 0 fully saturated rings. The molecule has 0 rings (SSSR count). The van der Waals surface area contributed by atoms with E-state index in [1.807, 2.05) is 0 Å². The van der Waals surface area contributed by atoms with Crippen molar-refractivity contribution < 1.29 is 58.3 Å². The SMILES string of the molecule is [Cl-].[Cl-].[Cl-].[W]. The van der Waals surface area contributed by atoms with Crippen LogP contribution in [0.2, 0.25) is 0 Å². The van der Waals surface area contributed by atoms with Crippen LogP contribution in [0.15, 0.2) is 0 Å². The Balaban J connectivity index is 0. The van der Waals surface area contributed by atoms with Gasteiger partial charge in [-0.1, -0.05) is 0 Å². The van der Waals surface area contributed by atoms with E-state index in [9.17, 15) is 0 Å². The Bertz CT molecular complexity index is 3.25. The Morgan fingerprint density at radius 3 is 0.500 bits per heavy atom. The third kappa shape index (κ3) is 9.59. The van der Waals surface area contributed by atoms with Crippen molar-refractivity contribution in [2.45, 2.75) is 0 Å². The smallest absolute Gasteiger partial charge is 0 e. The van der Waals surface area contributed by atoms with Crippen LogP contribution >= 0.6 is 0 Å². The van der Waals surface area contributed by atoms with Crippen LogP contribution < -0.4 is 37.2 Å². The van der Waals surface area contributed by atoms with Gasteiger partial charge < -0.3 is 37.2 Å². The van der Waals surface area contributed by atoms with Gasteiger partial charge in [-0.3, -0.25) is 0 Å². The van der Waals surface area contributed by atoms with E-state index in [4.69, 9.17) is 0 Å². The largest absolute Gasteiger partial charge is 1.00 e. The summed E-state index contributed by atoms with van der Waals surface area (Å²) in [5, 5.41) is 0. The van der Waals surface area contributed by atoms with Crippen molar-refractivity contribution in [2.75, 3.05) is 0 Å². The molecule has 0 bridgehead atoms. The molecule has 0 radical (unpaired) electrons. The Hall–Kier alpha value is 1.56. The maximum atomic E-state index is 0. The molecule has 0 aliphatic carbocycles. The molecule has 4 heteroatoms. The summed E-state index contributed by atoms with van der Waals surface area (Å²) < 4.78 is 0. The fourth-order valence-corrected chi connectivity index (χ4v) is 0. The number of hydrogen-bond donors (Lipinski definition) is 0. The zero-order chi connectivity index (χ0) is 0. The van der Waals surface area contributed by atoms with Gasteiger partial charge in [-0.25, -0.2) is 0 Å². The van der Waals surface area contributed by atoms with E-state index in [1.54, 1.807) is 0 Å². The molecule has 0 unspecified atom stereocenters. The molecule has 0 amide bonds. The van der Waals surface area contributed by atoms with Crippen molar-refractivity contribution in [3.8, 4) is 0 Å². The predicted octanol–water partition coefficient (Wildman–Crippen LogP) is -8.99. The predicted molar refractivity (Wildman–Crippen MR) is 0 cm³/mol. The molecule has 0 nitrogen and oxygen atoms in total. The molecule has 0 saturated heterocycles. The van der Waals surface area contributed by atoms with Gasteiger partial charge in [0.1, 0.15) is 0 Å². The van der Waals surface area contributed by atoms with Gasteiger partial charge in [0.15, 0.2) is 0 Å². The average Bonchev–Trinajstić information content (AvgIpc) is 0. The molecule has 0 atom stereocenters. The summed E-state index contributed by atoms with van der Waals surface area (Å²) in [5.74, 6) is 0. The second kappa shape index (κ2) is 23.8. The third-order valence-electron chi connectivity index (χ3n) is 0. The first-order chi connectivity index (χ1) is 0. The topological polar surface area (TPSA) is 0 Å². The Morgan fingerprint density at radius 2 is 0.500 bits per heavy atom. The molecule has 0 heterocycles. The van der Waals surface area contributed by atoms with Crippen molar-refractivity contribution in [3.05, 3.63) is 0 Å². The van der Waals surface area contributed by atoms with Gasteiger partial charge >= 0.3 is 0 Å². The van der Waals surface area contributed by atoms with Crippen molar-refractivity contribution in [1.82, 2.24) is 0 Å². The summed E-state index contributed by atoms with van der Waals surface area (Å²) in [4.78, 5) is 0. The van der Waals surface area contributed by atoms with Gasteiger partial charge in [0.25, 0.3) is 0 Å². The van der Waals surface area contributed by atoms with Crippen LogP contribution in [-0.2, 0) is 21.1 Å². The average molecular weight is 290 g/mol. The number of hydrogen-bond acceptors (Lipinski definition) is 0. The van der Waals surface area contributed by atoms with E-state index in [1.165, 1.54) is 0 Å². The van der Waals surface area contributed by atoms with Crippen molar-refractivity contribution in [3.63, 3.8) is 0 Å². The molecule has 0 spiro atoms. The van der Waals surface area contributed by atoms with Crippen molar-refractivity contribution in [1.29, 1.82) is 0 Å². The molecule has 0 aromatic heterocycles. The zero-order valence-electron chi connectivity index (χ0n) is 1.54. The Labute approximate surface area is 58.2 Å². The second-order valence-electron chi connectivity index (χ2n) is 0. The Kier molecular flexibility index (Phi) is 283. The van der Waals surface area contributed by atoms with Gasteiger partial charge in [-0.15, -0.1) is 0 Å². The number of halogens is 3. The van der Waals surface area contributed by atoms with Gasteiger partial charge in [0.05, 0.1) is 0 Å². The molecule has 0 aliphatic rings. The summed E-state index contributed by atoms with van der Waals surface area (Å²) in [6.07, 6.45) is 0. The molecule has 0 aromatic carbocycles. The van der Waals surface area contributed by atoms with Crippen LogP contribution in [0.25, 0.3) is 0 Å². The standard InChI is InChI=1S/3ClH.W/h3*1H;/p-3. The van der Waals surface area contributed by atoms with E-state index < -0.39 is 0 Å². The van der Waals surface area contributed by atoms with Gasteiger partial charge in [0, 0.05) is 21.1 Å². The quantitative estimate of drug-likeness (QED) is 0.416. The minimum atomic E-state index is 0. The van der Waals surface area contributed by atoms with E-state index in [0.29, 0.717) is 0 Å². The van der Waals surface area contributed by atoms with E-state index in [0.717, 1.165) is 0 Å². The second-order valence-corrected chi connectivity index (χ2v) is 0. The van der Waals surface area contributed by atoms with Crippen molar-refractivity contribution in [2.24, 2.45) is 0 Å². The monoisotopic (exact) mass is 289 g/mol. The molecule has 4 heavy (non-hydrogen) atoms. The van der Waals surface area contributed by atoms with Gasteiger partial charge in [-0.05, 0) is 0 Å². The summed E-state index contributed by atoms with van der Waals surface area (Å²) in [6.45, 7) is 0. The fourth-order valence-electron chi connectivity index (χ4n) is 0. The molecular weight excluding hydrogens is 290 g/mol. The first-order valence-electron chi connectivity index (χ1n) is 0. The van der Waals surface area contributed by atoms with Crippen molar-refractivity contribution >= 4 is 0 Å². The van der Waals surface area contributed by atoms with Crippen LogP contribution in [0.5, 0.6) is 0 Å². The summed E-state index contributed by atoms with van der Waals surface area (Å²) >= 11 is 0. The molecule has 0 aromatic rings. The molecule has 0 saturated carbocycles. The van der Waals surface area contributed by atoms with E-state index in [-0.39, 0.29) is 58.3 Å². The maximum absolute atomic E-state index is 0. The van der Waals surface area contributed by atoms with Crippen LogP contribution in [-0.4, -0.2) is 0 Å². The minimum absolute atomic E-state index is 0. The van der Waals surface area contributed by atoms with E-state index in [2.05, 4.69) is 0 Å². The zero-order valence-corrected chi connectivity index (χ0v) is 6.74. The first kappa shape index (κ1) is 47.6.